The number of aliphatic carboxylic acids is 1. The number of rotatable bonds is 4. The predicted octanol–water partition coefficient (Wildman–Crippen LogP) is 3.17. The molecule has 1 aliphatic carbocycles. The summed E-state index contributed by atoms with van der Waals surface area (Å²) in [7, 11) is 0. The summed E-state index contributed by atoms with van der Waals surface area (Å²) >= 11 is 0. The standard InChI is InChI=1S/C17H17NO3/c1-11(19)12-2-3-13-10-18-15(9-14(13)8-12)4-5-17(6-7-17)16(20)21/h2-5,8-11,19H,6-7H2,1H3,(H,20,21)/b5-4+/t11-/m1/s1. The highest BCUT2D eigenvalue weighted by molar-refractivity contribution is 5.85. The Morgan fingerprint density at radius 1 is 1.33 bits per heavy atom. The van der Waals surface area contributed by atoms with Gasteiger partial charge in [-0.25, -0.2) is 0 Å². The largest absolute Gasteiger partial charge is 0.481 e. The molecular formula is C17H17NO3. The molecule has 1 aliphatic rings. The van der Waals surface area contributed by atoms with Gasteiger partial charge in [0, 0.05) is 11.6 Å². The number of nitrogens with zero attached hydrogens (tertiary/aromatic N) is 1. The third-order valence-electron chi connectivity index (χ3n) is 4.04. The molecule has 2 N–H and O–H groups in total. The monoisotopic (exact) mass is 283 g/mol. The third-order valence-corrected chi connectivity index (χ3v) is 4.04. The summed E-state index contributed by atoms with van der Waals surface area (Å²) in [6.45, 7) is 1.73. The van der Waals surface area contributed by atoms with Crippen LogP contribution in [0.5, 0.6) is 0 Å². The van der Waals surface area contributed by atoms with Gasteiger partial charge in [0.2, 0.25) is 0 Å². The second kappa shape index (κ2) is 4.97. The van der Waals surface area contributed by atoms with Gasteiger partial charge in [-0.1, -0.05) is 18.2 Å². The van der Waals surface area contributed by atoms with Crippen LogP contribution in [0.2, 0.25) is 0 Å². The number of hydrogen-bond donors (Lipinski definition) is 2. The van der Waals surface area contributed by atoms with Crippen LogP contribution < -0.4 is 0 Å². The number of carboxylic acid groups (broad SMARTS) is 1. The van der Waals surface area contributed by atoms with E-state index in [4.69, 9.17) is 5.11 Å². The molecule has 1 aromatic heterocycles. The second-order valence-electron chi connectivity index (χ2n) is 5.69. The van der Waals surface area contributed by atoms with Crippen molar-refractivity contribution in [2.75, 3.05) is 0 Å². The first-order valence-corrected chi connectivity index (χ1v) is 7.01. The number of aliphatic hydroxyl groups is 1. The van der Waals surface area contributed by atoms with E-state index >= 15 is 0 Å². The number of hydrogen-bond acceptors (Lipinski definition) is 3. The summed E-state index contributed by atoms with van der Waals surface area (Å²) < 4.78 is 0. The SMILES string of the molecule is C[C@@H](O)c1ccc2cnc(/C=C/C3(C(=O)O)CC3)cc2c1. The number of aromatic nitrogens is 1. The maximum absolute atomic E-state index is 11.1. The maximum Gasteiger partial charge on any atom is 0.313 e. The van der Waals surface area contributed by atoms with Crippen molar-refractivity contribution in [3.63, 3.8) is 0 Å². The van der Waals surface area contributed by atoms with Crippen LogP contribution in [0.3, 0.4) is 0 Å². The van der Waals surface area contributed by atoms with Gasteiger partial charge in [0.05, 0.1) is 17.2 Å². The predicted molar refractivity (Wildman–Crippen MR) is 80.7 cm³/mol. The van der Waals surface area contributed by atoms with E-state index in [2.05, 4.69) is 4.98 Å². The average molecular weight is 283 g/mol. The summed E-state index contributed by atoms with van der Waals surface area (Å²) in [5, 5.41) is 20.8. The van der Waals surface area contributed by atoms with Crippen molar-refractivity contribution in [1.82, 2.24) is 4.98 Å². The van der Waals surface area contributed by atoms with Crippen LogP contribution in [0.1, 0.15) is 37.1 Å². The van der Waals surface area contributed by atoms with E-state index in [1.165, 1.54) is 0 Å². The van der Waals surface area contributed by atoms with Gasteiger partial charge in [-0.2, -0.15) is 0 Å². The fraction of sp³-hybridized carbons (Fsp3) is 0.294. The number of carbonyl (C=O) groups is 1. The Morgan fingerprint density at radius 3 is 2.71 bits per heavy atom. The average Bonchev–Trinajstić information content (AvgIpc) is 3.25. The first-order valence-electron chi connectivity index (χ1n) is 7.01. The Hall–Kier alpha value is -2.20. The Morgan fingerprint density at radius 2 is 2.10 bits per heavy atom. The molecule has 1 heterocycles. The van der Waals surface area contributed by atoms with E-state index in [9.17, 15) is 9.90 Å². The van der Waals surface area contributed by atoms with Crippen molar-refractivity contribution < 1.29 is 15.0 Å². The maximum atomic E-state index is 11.1. The van der Waals surface area contributed by atoms with E-state index in [1.807, 2.05) is 24.3 Å². The first kappa shape index (κ1) is 13.8. The highest BCUT2D eigenvalue weighted by atomic mass is 16.4. The van der Waals surface area contributed by atoms with Crippen LogP contribution in [0.4, 0.5) is 0 Å². The molecule has 0 aliphatic heterocycles. The van der Waals surface area contributed by atoms with E-state index < -0.39 is 17.5 Å². The lowest BCUT2D eigenvalue weighted by molar-refractivity contribution is -0.141. The lowest BCUT2D eigenvalue weighted by Crippen LogP contribution is -2.10. The second-order valence-corrected chi connectivity index (χ2v) is 5.69. The Kier molecular flexibility index (Phi) is 3.26. The molecule has 4 nitrogen and oxygen atoms in total. The molecule has 0 saturated heterocycles. The van der Waals surface area contributed by atoms with Gasteiger partial charge >= 0.3 is 5.97 Å². The van der Waals surface area contributed by atoms with E-state index in [-0.39, 0.29) is 0 Å². The van der Waals surface area contributed by atoms with Crippen molar-refractivity contribution in [2.45, 2.75) is 25.9 Å². The van der Waals surface area contributed by atoms with E-state index in [0.717, 1.165) is 22.0 Å². The van der Waals surface area contributed by atoms with E-state index in [0.29, 0.717) is 12.8 Å². The summed E-state index contributed by atoms with van der Waals surface area (Å²) in [6.07, 6.45) is 6.15. The molecule has 0 bridgehead atoms. The molecule has 1 fully saturated rings. The van der Waals surface area contributed by atoms with Crippen LogP contribution in [-0.4, -0.2) is 21.2 Å². The van der Waals surface area contributed by atoms with Crippen molar-refractivity contribution in [3.8, 4) is 0 Å². The summed E-state index contributed by atoms with van der Waals surface area (Å²) in [5.74, 6) is -0.768. The molecule has 1 aromatic carbocycles. The fourth-order valence-corrected chi connectivity index (χ4v) is 2.36. The Balaban J connectivity index is 1.93. The topological polar surface area (TPSA) is 70.4 Å². The van der Waals surface area contributed by atoms with Gasteiger partial charge in [-0.05, 0) is 48.9 Å². The number of pyridine rings is 1. The van der Waals surface area contributed by atoms with E-state index in [1.54, 1.807) is 25.3 Å². The molecule has 0 spiro atoms. The lowest BCUT2D eigenvalue weighted by atomic mass is 10.0. The minimum Gasteiger partial charge on any atom is -0.481 e. The minimum atomic E-state index is -0.768. The fourth-order valence-electron chi connectivity index (χ4n) is 2.36. The Labute approximate surface area is 122 Å². The molecular weight excluding hydrogens is 266 g/mol. The number of carboxylic acids is 1. The van der Waals surface area contributed by atoms with Gasteiger partial charge in [0.1, 0.15) is 0 Å². The normalized spacial score (nSPS) is 18.0. The van der Waals surface area contributed by atoms with Crippen LogP contribution in [0.25, 0.3) is 16.8 Å². The van der Waals surface area contributed by atoms with Crippen molar-refractivity contribution in [3.05, 3.63) is 47.8 Å². The zero-order valence-corrected chi connectivity index (χ0v) is 11.8. The molecule has 0 unspecified atom stereocenters. The molecule has 1 atom stereocenters. The van der Waals surface area contributed by atoms with Crippen LogP contribution in [0, 0.1) is 5.41 Å². The Bertz CT molecular complexity index is 730. The minimum absolute atomic E-state index is 0.511. The van der Waals surface area contributed by atoms with Gasteiger partial charge < -0.3 is 10.2 Å². The van der Waals surface area contributed by atoms with Gasteiger partial charge in [-0.15, -0.1) is 0 Å². The van der Waals surface area contributed by atoms with Crippen LogP contribution in [0.15, 0.2) is 36.5 Å². The number of benzene rings is 1. The van der Waals surface area contributed by atoms with Crippen molar-refractivity contribution >= 4 is 22.8 Å². The lowest BCUT2D eigenvalue weighted by Gasteiger charge is -2.07. The number of aliphatic hydroxyl groups excluding tert-OH is 1. The van der Waals surface area contributed by atoms with Gasteiger partial charge in [-0.3, -0.25) is 9.78 Å². The molecule has 4 heteroatoms. The molecule has 0 amide bonds. The first-order chi connectivity index (χ1) is 10.00. The van der Waals surface area contributed by atoms with Crippen molar-refractivity contribution in [2.24, 2.45) is 5.41 Å². The molecule has 0 radical (unpaired) electrons. The smallest absolute Gasteiger partial charge is 0.313 e. The quantitative estimate of drug-likeness (QED) is 0.904. The zero-order chi connectivity index (χ0) is 15.0. The highest BCUT2D eigenvalue weighted by Gasteiger charge is 2.47. The zero-order valence-electron chi connectivity index (χ0n) is 11.8. The van der Waals surface area contributed by atoms with Crippen molar-refractivity contribution in [1.29, 1.82) is 0 Å². The third kappa shape index (κ3) is 2.67. The number of fused-ring (bicyclic) bond motifs is 1. The molecule has 1 saturated carbocycles. The van der Waals surface area contributed by atoms with Gasteiger partial charge in [0.15, 0.2) is 0 Å². The summed E-state index contributed by atoms with van der Waals surface area (Å²) in [6, 6.07) is 7.66. The molecule has 108 valence electrons. The highest BCUT2D eigenvalue weighted by Crippen LogP contribution is 2.47. The van der Waals surface area contributed by atoms with Crippen LogP contribution in [-0.2, 0) is 4.79 Å². The van der Waals surface area contributed by atoms with Crippen LogP contribution >= 0.6 is 0 Å². The molecule has 2 aromatic rings. The summed E-state index contributed by atoms with van der Waals surface area (Å²) in [5.41, 5.74) is 0.906. The van der Waals surface area contributed by atoms with Gasteiger partial charge in [0.25, 0.3) is 0 Å². The molecule has 3 rings (SSSR count). The molecule has 21 heavy (non-hydrogen) atoms. The summed E-state index contributed by atoms with van der Waals surface area (Å²) in [4.78, 5) is 15.5.